The Labute approximate surface area is 238 Å². The van der Waals surface area contributed by atoms with Crippen LogP contribution in [0.5, 0.6) is 0 Å². The Kier molecular flexibility index (Phi) is 7.12. The molecule has 8 heteroatoms. The summed E-state index contributed by atoms with van der Waals surface area (Å²) in [6.45, 7) is 4.40. The molecule has 41 heavy (non-hydrogen) atoms. The van der Waals surface area contributed by atoms with Crippen molar-refractivity contribution in [2.75, 3.05) is 11.9 Å². The second-order valence-corrected chi connectivity index (χ2v) is 9.79. The predicted molar refractivity (Wildman–Crippen MR) is 158 cm³/mol. The van der Waals surface area contributed by atoms with Crippen molar-refractivity contribution in [1.82, 2.24) is 19.2 Å². The van der Waals surface area contributed by atoms with Crippen molar-refractivity contribution in [2.24, 2.45) is 0 Å². The van der Waals surface area contributed by atoms with Crippen LogP contribution in [0.1, 0.15) is 52.8 Å². The van der Waals surface area contributed by atoms with Crippen LogP contribution in [0.15, 0.2) is 103 Å². The van der Waals surface area contributed by atoms with Crippen molar-refractivity contribution >= 4 is 17.7 Å². The van der Waals surface area contributed by atoms with Crippen LogP contribution in [-0.2, 0) is 17.7 Å². The van der Waals surface area contributed by atoms with E-state index in [0.29, 0.717) is 24.2 Å². The minimum absolute atomic E-state index is 0.244. The number of fused-ring (bicyclic) bond motifs is 3. The highest BCUT2D eigenvalue weighted by atomic mass is 16.5. The zero-order valence-corrected chi connectivity index (χ0v) is 23.0. The number of carbonyl (C=O) groups is 2. The summed E-state index contributed by atoms with van der Waals surface area (Å²) < 4.78 is 9.36. The van der Waals surface area contributed by atoms with Gasteiger partial charge in [-0.2, -0.15) is 5.10 Å². The molecule has 0 fully saturated rings. The fourth-order valence-electron chi connectivity index (χ4n) is 5.50. The van der Waals surface area contributed by atoms with E-state index in [1.807, 2.05) is 88.6 Å². The number of hydrogen-bond acceptors (Lipinski definition) is 4. The van der Waals surface area contributed by atoms with Gasteiger partial charge in [-0.25, -0.2) is 14.3 Å². The SMILES string of the molecule is CCOC(=O)c1ccccc1NC(=O)N1Cc2c(CC)nn(-c3ccccc3)c2-n2cccc2C1c1ccccc1. The molecule has 1 atom stereocenters. The van der Waals surface area contributed by atoms with Crippen LogP contribution in [0.2, 0.25) is 0 Å². The number of rotatable bonds is 6. The van der Waals surface area contributed by atoms with E-state index in [9.17, 15) is 9.59 Å². The first-order chi connectivity index (χ1) is 20.1. The van der Waals surface area contributed by atoms with E-state index in [-0.39, 0.29) is 12.6 Å². The Morgan fingerprint density at radius 1 is 0.902 bits per heavy atom. The van der Waals surface area contributed by atoms with Crippen molar-refractivity contribution in [3.8, 4) is 11.5 Å². The van der Waals surface area contributed by atoms with Crippen molar-refractivity contribution in [3.63, 3.8) is 0 Å². The number of aryl methyl sites for hydroxylation is 1. The lowest BCUT2D eigenvalue weighted by atomic mass is 10.0. The molecular formula is C33H31N5O3. The molecule has 3 heterocycles. The molecule has 1 aliphatic heterocycles. The van der Waals surface area contributed by atoms with Gasteiger partial charge in [-0.1, -0.05) is 67.6 Å². The molecule has 2 amide bonds. The molecule has 1 N–H and O–H groups in total. The standard InChI is InChI=1S/C33H31N5O3/c1-3-27-26-22-37(33(40)34-28-19-12-11-18-25(28)32(39)41-4-2)30(23-14-7-5-8-15-23)29-20-13-21-36(29)31(26)38(35-27)24-16-9-6-10-17-24/h5-21,30H,3-4,22H2,1-2H3,(H,34,40). The Morgan fingerprint density at radius 2 is 1.61 bits per heavy atom. The van der Waals surface area contributed by atoms with Gasteiger partial charge in [0.15, 0.2) is 0 Å². The molecule has 0 saturated carbocycles. The summed E-state index contributed by atoms with van der Waals surface area (Å²) in [5.41, 5.74) is 5.46. The maximum absolute atomic E-state index is 14.3. The summed E-state index contributed by atoms with van der Waals surface area (Å²) in [6.07, 6.45) is 2.73. The number of nitrogens with one attached hydrogen (secondary N) is 1. The van der Waals surface area contributed by atoms with Crippen molar-refractivity contribution in [3.05, 3.63) is 131 Å². The van der Waals surface area contributed by atoms with E-state index < -0.39 is 12.0 Å². The Balaban J connectivity index is 1.51. The molecule has 1 unspecified atom stereocenters. The highest BCUT2D eigenvalue weighted by Gasteiger charge is 2.36. The van der Waals surface area contributed by atoms with Gasteiger partial charge in [-0.15, -0.1) is 0 Å². The van der Waals surface area contributed by atoms with E-state index in [2.05, 4.69) is 16.8 Å². The third-order valence-electron chi connectivity index (χ3n) is 7.34. The first-order valence-corrected chi connectivity index (χ1v) is 13.8. The first-order valence-electron chi connectivity index (χ1n) is 13.8. The third kappa shape index (κ3) is 4.78. The van der Waals surface area contributed by atoms with Gasteiger partial charge in [0.05, 0.1) is 47.5 Å². The Bertz CT molecular complexity index is 1690. The van der Waals surface area contributed by atoms with Gasteiger partial charge < -0.3 is 19.5 Å². The average Bonchev–Trinajstić information content (AvgIpc) is 3.59. The number of esters is 1. The molecule has 0 bridgehead atoms. The smallest absolute Gasteiger partial charge is 0.340 e. The molecule has 6 rings (SSSR count). The van der Waals surface area contributed by atoms with E-state index in [0.717, 1.165) is 34.0 Å². The van der Waals surface area contributed by atoms with Gasteiger partial charge in [0, 0.05) is 11.8 Å². The van der Waals surface area contributed by atoms with Crippen LogP contribution in [0, 0.1) is 0 Å². The van der Waals surface area contributed by atoms with Crippen LogP contribution in [0.25, 0.3) is 11.5 Å². The van der Waals surface area contributed by atoms with E-state index in [1.54, 1.807) is 31.2 Å². The number of hydrogen-bond donors (Lipinski definition) is 1. The number of amides is 2. The van der Waals surface area contributed by atoms with Crippen LogP contribution >= 0.6 is 0 Å². The average molecular weight is 546 g/mol. The molecule has 8 nitrogen and oxygen atoms in total. The van der Waals surface area contributed by atoms with Crippen LogP contribution in [0.4, 0.5) is 10.5 Å². The number of para-hydroxylation sites is 2. The zero-order chi connectivity index (χ0) is 28.3. The van der Waals surface area contributed by atoms with Crippen molar-refractivity contribution in [2.45, 2.75) is 32.9 Å². The van der Waals surface area contributed by atoms with Crippen molar-refractivity contribution in [1.29, 1.82) is 0 Å². The molecule has 0 radical (unpaired) electrons. The molecule has 0 aliphatic carbocycles. The monoisotopic (exact) mass is 545 g/mol. The topological polar surface area (TPSA) is 81.4 Å². The lowest BCUT2D eigenvalue weighted by Gasteiger charge is -2.31. The lowest BCUT2D eigenvalue weighted by Crippen LogP contribution is -2.38. The zero-order valence-electron chi connectivity index (χ0n) is 23.0. The summed E-state index contributed by atoms with van der Waals surface area (Å²) in [7, 11) is 0. The third-order valence-corrected chi connectivity index (χ3v) is 7.34. The summed E-state index contributed by atoms with van der Waals surface area (Å²) in [6, 6.07) is 30.3. The van der Waals surface area contributed by atoms with Gasteiger partial charge in [0.25, 0.3) is 0 Å². The van der Waals surface area contributed by atoms with Crippen LogP contribution in [0.3, 0.4) is 0 Å². The van der Waals surface area contributed by atoms with Gasteiger partial charge in [-0.05, 0) is 55.3 Å². The number of aromatic nitrogens is 3. The number of urea groups is 1. The number of carbonyl (C=O) groups excluding carboxylic acids is 2. The van der Waals surface area contributed by atoms with Gasteiger partial charge in [0.1, 0.15) is 5.82 Å². The lowest BCUT2D eigenvalue weighted by molar-refractivity contribution is 0.0527. The molecule has 3 aromatic carbocycles. The molecule has 0 spiro atoms. The number of nitrogens with zero attached hydrogens (tertiary/aromatic N) is 4. The molecule has 0 saturated heterocycles. The maximum atomic E-state index is 14.3. The maximum Gasteiger partial charge on any atom is 0.340 e. The summed E-state index contributed by atoms with van der Waals surface area (Å²) in [4.78, 5) is 28.8. The minimum Gasteiger partial charge on any atom is -0.462 e. The molecule has 2 aromatic heterocycles. The van der Waals surface area contributed by atoms with Crippen LogP contribution in [-0.4, -0.2) is 37.9 Å². The number of benzene rings is 3. The summed E-state index contributed by atoms with van der Waals surface area (Å²) in [5.74, 6) is 0.434. The second-order valence-electron chi connectivity index (χ2n) is 9.79. The summed E-state index contributed by atoms with van der Waals surface area (Å²) in [5, 5.41) is 8.04. The molecule has 1 aliphatic rings. The highest BCUT2D eigenvalue weighted by molar-refractivity contribution is 6.01. The second kappa shape index (κ2) is 11.2. The first kappa shape index (κ1) is 26.1. The van der Waals surface area contributed by atoms with E-state index >= 15 is 0 Å². The van der Waals surface area contributed by atoms with Crippen molar-refractivity contribution < 1.29 is 14.3 Å². The number of ether oxygens (including phenoxy) is 1. The minimum atomic E-state index is -0.479. The van der Waals surface area contributed by atoms with E-state index in [1.165, 1.54) is 0 Å². The number of anilines is 1. The molecule has 5 aromatic rings. The predicted octanol–water partition coefficient (Wildman–Crippen LogP) is 6.54. The Hall–Kier alpha value is -5.11. The van der Waals surface area contributed by atoms with Gasteiger partial charge in [-0.3, -0.25) is 0 Å². The van der Waals surface area contributed by atoms with E-state index in [4.69, 9.17) is 9.84 Å². The normalized spacial score (nSPS) is 14.1. The molecular weight excluding hydrogens is 514 g/mol. The molecule has 206 valence electrons. The Morgan fingerprint density at radius 3 is 2.34 bits per heavy atom. The highest BCUT2D eigenvalue weighted by Crippen LogP contribution is 2.39. The fraction of sp³-hybridized carbons (Fsp3) is 0.182. The fourth-order valence-corrected chi connectivity index (χ4v) is 5.50. The largest absolute Gasteiger partial charge is 0.462 e. The van der Waals surface area contributed by atoms with Crippen LogP contribution < -0.4 is 5.32 Å². The van der Waals surface area contributed by atoms with Gasteiger partial charge in [0.2, 0.25) is 0 Å². The quantitative estimate of drug-likeness (QED) is 0.246. The summed E-state index contributed by atoms with van der Waals surface area (Å²) >= 11 is 0. The van der Waals surface area contributed by atoms with Gasteiger partial charge >= 0.3 is 12.0 Å².